The summed E-state index contributed by atoms with van der Waals surface area (Å²) in [5, 5.41) is 1.49. The fourth-order valence-electron chi connectivity index (χ4n) is 1.05. The number of benzene rings is 1. The Bertz CT molecular complexity index is 274. The summed E-state index contributed by atoms with van der Waals surface area (Å²) >= 11 is 13.7. The van der Waals surface area contributed by atoms with Crippen LogP contribution in [0.15, 0.2) is 18.2 Å². The molecule has 0 heterocycles. The molecule has 0 N–H and O–H groups in total. The molecule has 1 rings (SSSR count). The van der Waals surface area contributed by atoms with Crippen molar-refractivity contribution in [3.8, 4) is 0 Å². The number of halogens is 2. The van der Waals surface area contributed by atoms with Crippen molar-refractivity contribution in [2.24, 2.45) is 0 Å². The third kappa shape index (κ3) is 3.80. The molecular weight excluding hydrogens is 223 g/mol. The van der Waals surface area contributed by atoms with Gasteiger partial charge in [-0.25, -0.2) is 0 Å². The molecule has 0 aliphatic carbocycles. The normalized spacial score (nSPS) is 10.4. The Morgan fingerprint density at radius 1 is 1.31 bits per heavy atom. The van der Waals surface area contributed by atoms with E-state index in [1.54, 1.807) is 6.07 Å². The summed E-state index contributed by atoms with van der Waals surface area (Å²) in [5.74, 6) is 2.28. The van der Waals surface area contributed by atoms with E-state index in [-0.39, 0.29) is 0 Å². The fraction of sp³-hybridized carbons (Fsp3) is 0.400. The largest absolute Gasteiger partial charge is 0.162 e. The van der Waals surface area contributed by atoms with Crippen molar-refractivity contribution >= 4 is 35.0 Å². The lowest BCUT2D eigenvalue weighted by Gasteiger charge is -2.03. The van der Waals surface area contributed by atoms with Gasteiger partial charge in [0, 0.05) is 10.0 Å². The van der Waals surface area contributed by atoms with E-state index in [0.29, 0.717) is 5.02 Å². The van der Waals surface area contributed by atoms with Gasteiger partial charge in [0.1, 0.15) is 0 Å². The average Bonchev–Trinajstić information content (AvgIpc) is 2.09. The third-order valence-corrected chi connectivity index (χ3v) is 3.22. The quantitative estimate of drug-likeness (QED) is 0.701. The van der Waals surface area contributed by atoms with E-state index in [1.165, 1.54) is 5.56 Å². The van der Waals surface area contributed by atoms with E-state index < -0.39 is 0 Å². The molecule has 0 amide bonds. The lowest BCUT2D eigenvalue weighted by atomic mass is 10.2. The fourth-order valence-corrected chi connectivity index (χ4v) is 2.21. The summed E-state index contributed by atoms with van der Waals surface area (Å²) in [7, 11) is 0. The second-order valence-corrected chi connectivity index (χ2v) is 4.92. The number of hydrogen-bond acceptors (Lipinski definition) is 1. The van der Waals surface area contributed by atoms with Gasteiger partial charge in [-0.1, -0.05) is 36.2 Å². The Morgan fingerprint density at radius 2 is 2.08 bits per heavy atom. The lowest BCUT2D eigenvalue weighted by molar-refractivity contribution is 1.16. The van der Waals surface area contributed by atoms with Gasteiger partial charge in [0.2, 0.25) is 0 Å². The van der Waals surface area contributed by atoms with Crippen LogP contribution in [0.1, 0.15) is 12.5 Å². The Morgan fingerprint density at radius 3 is 2.69 bits per heavy atom. The molecule has 0 fully saturated rings. The first-order valence-corrected chi connectivity index (χ1v) is 6.16. The molecule has 13 heavy (non-hydrogen) atoms. The molecule has 3 heteroatoms. The molecular formula is C10H12Cl2S. The maximum atomic E-state index is 6.01. The Kier molecular flexibility index (Phi) is 5.00. The van der Waals surface area contributed by atoms with Gasteiger partial charge in [-0.05, 0) is 35.6 Å². The highest BCUT2D eigenvalue weighted by Crippen LogP contribution is 2.22. The average molecular weight is 235 g/mol. The zero-order valence-corrected chi connectivity index (χ0v) is 9.85. The van der Waals surface area contributed by atoms with Crippen LogP contribution < -0.4 is 0 Å². The molecule has 0 nitrogen and oxygen atoms in total. The van der Waals surface area contributed by atoms with Crippen LogP contribution in [0.2, 0.25) is 10.0 Å². The van der Waals surface area contributed by atoms with Gasteiger partial charge in [0.05, 0.1) is 0 Å². The highest BCUT2D eigenvalue weighted by Gasteiger charge is 2.00. The van der Waals surface area contributed by atoms with Crippen molar-refractivity contribution in [1.82, 2.24) is 0 Å². The van der Waals surface area contributed by atoms with E-state index in [2.05, 4.69) is 6.92 Å². The van der Waals surface area contributed by atoms with Crippen LogP contribution in [0.3, 0.4) is 0 Å². The molecule has 72 valence electrons. The number of rotatable bonds is 4. The van der Waals surface area contributed by atoms with E-state index in [1.807, 2.05) is 23.9 Å². The minimum absolute atomic E-state index is 0.705. The molecule has 0 radical (unpaired) electrons. The predicted molar refractivity (Wildman–Crippen MR) is 63.2 cm³/mol. The van der Waals surface area contributed by atoms with E-state index in [4.69, 9.17) is 23.2 Å². The van der Waals surface area contributed by atoms with Crippen LogP contribution in [0.25, 0.3) is 0 Å². The maximum Gasteiger partial charge on any atom is 0.0453 e. The van der Waals surface area contributed by atoms with Gasteiger partial charge in [-0.15, -0.1) is 0 Å². The maximum absolute atomic E-state index is 6.01. The molecule has 0 aliphatic rings. The van der Waals surface area contributed by atoms with Crippen molar-refractivity contribution in [3.05, 3.63) is 33.8 Å². The molecule has 1 aromatic rings. The number of thioether (sulfide) groups is 1. The van der Waals surface area contributed by atoms with E-state index >= 15 is 0 Å². The molecule has 1 aromatic carbocycles. The van der Waals surface area contributed by atoms with Crippen LogP contribution in [0, 0.1) is 0 Å². The Labute approximate surface area is 93.6 Å². The molecule has 0 unspecified atom stereocenters. The first-order chi connectivity index (χ1) is 6.24. The second-order valence-electron chi connectivity index (χ2n) is 2.68. The first kappa shape index (κ1) is 11.2. The van der Waals surface area contributed by atoms with Crippen molar-refractivity contribution in [3.63, 3.8) is 0 Å². The van der Waals surface area contributed by atoms with Gasteiger partial charge in [0.25, 0.3) is 0 Å². The number of hydrogen-bond donors (Lipinski definition) is 0. The van der Waals surface area contributed by atoms with Gasteiger partial charge >= 0.3 is 0 Å². The molecule has 0 saturated carbocycles. The first-order valence-electron chi connectivity index (χ1n) is 4.25. The van der Waals surface area contributed by atoms with Crippen molar-refractivity contribution < 1.29 is 0 Å². The minimum Gasteiger partial charge on any atom is -0.162 e. The lowest BCUT2D eigenvalue weighted by Crippen LogP contribution is -1.89. The summed E-state index contributed by atoms with van der Waals surface area (Å²) < 4.78 is 0. The molecule has 0 bridgehead atoms. The van der Waals surface area contributed by atoms with Crippen molar-refractivity contribution in [2.75, 3.05) is 11.5 Å². The molecule has 0 aromatic heterocycles. The van der Waals surface area contributed by atoms with Gasteiger partial charge in [-0.3, -0.25) is 0 Å². The molecule has 0 atom stereocenters. The van der Waals surface area contributed by atoms with Crippen LogP contribution in [0.5, 0.6) is 0 Å². The van der Waals surface area contributed by atoms with Gasteiger partial charge in [0.15, 0.2) is 0 Å². The second kappa shape index (κ2) is 5.79. The van der Waals surface area contributed by atoms with Crippen LogP contribution in [-0.4, -0.2) is 11.5 Å². The number of aryl methyl sites for hydroxylation is 1. The Balaban J connectivity index is 2.56. The highest BCUT2D eigenvalue weighted by molar-refractivity contribution is 7.99. The third-order valence-electron chi connectivity index (χ3n) is 1.73. The smallest absolute Gasteiger partial charge is 0.0453 e. The summed E-state index contributed by atoms with van der Waals surface area (Å²) in [6, 6.07) is 5.69. The predicted octanol–water partition coefficient (Wildman–Crippen LogP) is 4.29. The van der Waals surface area contributed by atoms with Crippen LogP contribution >= 0.6 is 35.0 Å². The zero-order chi connectivity index (χ0) is 9.68. The van der Waals surface area contributed by atoms with Crippen LogP contribution in [-0.2, 0) is 6.42 Å². The SMILES string of the molecule is CCSCCc1ccc(Cl)cc1Cl. The summed E-state index contributed by atoms with van der Waals surface area (Å²) in [5.41, 5.74) is 1.19. The standard InChI is InChI=1S/C10H12Cl2S/c1-2-13-6-5-8-3-4-9(11)7-10(8)12/h3-4,7H,2,5-6H2,1H3. The van der Waals surface area contributed by atoms with Gasteiger partial charge in [-0.2, -0.15) is 11.8 Å². The highest BCUT2D eigenvalue weighted by atomic mass is 35.5. The monoisotopic (exact) mass is 234 g/mol. The molecule has 0 spiro atoms. The van der Waals surface area contributed by atoms with Gasteiger partial charge < -0.3 is 0 Å². The molecule has 0 saturated heterocycles. The van der Waals surface area contributed by atoms with E-state index in [0.717, 1.165) is 22.9 Å². The Hall–Kier alpha value is 0.150. The van der Waals surface area contributed by atoms with E-state index in [9.17, 15) is 0 Å². The van der Waals surface area contributed by atoms with Crippen LogP contribution in [0.4, 0.5) is 0 Å². The summed E-state index contributed by atoms with van der Waals surface area (Å²) in [6.07, 6.45) is 1.02. The summed E-state index contributed by atoms with van der Waals surface area (Å²) in [6.45, 7) is 2.16. The topological polar surface area (TPSA) is 0 Å². The zero-order valence-electron chi connectivity index (χ0n) is 7.52. The van der Waals surface area contributed by atoms with Crippen molar-refractivity contribution in [2.45, 2.75) is 13.3 Å². The summed E-state index contributed by atoms with van der Waals surface area (Å²) in [4.78, 5) is 0. The minimum atomic E-state index is 0.705. The molecule has 0 aliphatic heterocycles. The van der Waals surface area contributed by atoms with Crippen molar-refractivity contribution in [1.29, 1.82) is 0 Å².